The number of aromatic nitrogens is 3. The first-order chi connectivity index (χ1) is 17.6. The average Bonchev–Trinajstić information content (AvgIpc) is 3.31. The molecular formula is C25H27F2N7O3. The Morgan fingerprint density at radius 1 is 1.24 bits per heavy atom. The number of halogens is 2. The minimum atomic E-state index is -1.15. The smallest absolute Gasteiger partial charge is 0.325 e. The van der Waals surface area contributed by atoms with Crippen molar-refractivity contribution in [2.75, 3.05) is 17.7 Å². The maximum Gasteiger partial charge on any atom is 0.325 e. The highest BCUT2D eigenvalue weighted by Crippen LogP contribution is 2.33. The van der Waals surface area contributed by atoms with Gasteiger partial charge in [0.05, 0.1) is 12.0 Å². The van der Waals surface area contributed by atoms with Gasteiger partial charge in [-0.15, -0.1) is 0 Å². The van der Waals surface area contributed by atoms with E-state index in [1.54, 1.807) is 38.4 Å². The second-order valence-corrected chi connectivity index (χ2v) is 8.85. The fraction of sp³-hybridized carbons (Fsp3) is 0.320. The summed E-state index contributed by atoms with van der Waals surface area (Å²) in [7, 11) is 3.20. The topological polar surface area (TPSA) is 126 Å². The highest BCUT2D eigenvalue weighted by molar-refractivity contribution is 6.12. The predicted octanol–water partition coefficient (Wildman–Crippen LogP) is 2.57. The standard InChI is InChI=1S/C25H27F2N7O3/c1-4-18(15-6-5-7-17(26)21(15)27)30-25(37)34-22(24(36)33(3)20-9-11-32(2)31-20)16(23(34)35)12-14-8-10-29-19(28)13-14/h5-11,13,16,18,22H,4,12H2,1-3H3,(H2,28,29)(H,30,37)/t16-,18-,22+/m1/s1. The number of likely N-dealkylation sites (N-methyl/N-ethyl adjacent to an activating group) is 1. The number of nitrogens with one attached hydrogen (secondary N) is 1. The number of amides is 4. The van der Waals surface area contributed by atoms with Gasteiger partial charge in [-0.2, -0.15) is 5.10 Å². The Hall–Kier alpha value is -4.35. The molecule has 0 saturated carbocycles. The van der Waals surface area contributed by atoms with Gasteiger partial charge in [0, 0.05) is 38.1 Å². The number of anilines is 2. The summed E-state index contributed by atoms with van der Waals surface area (Å²) >= 11 is 0. The van der Waals surface area contributed by atoms with Crippen molar-refractivity contribution in [3.05, 3.63) is 71.6 Å². The molecule has 10 nitrogen and oxygen atoms in total. The van der Waals surface area contributed by atoms with Crippen molar-refractivity contribution in [2.24, 2.45) is 13.0 Å². The zero-order valence-corrected chi connectivity index (χ0v) is 20.6. The molecule has 1 aliphatic heterocycles. The number of β-lactam (4-membered cyclic amide) rings is 1. The fourth-order valence-corrected chi connectivity index (χ4v) is 4.43. The van der Waals surface area contributed by atoms with Gasteiger partial charge >= 0.3 is 6.03 Å². The van der Waals surface area contributed by atoms with Gasteiger partial charge in [0.1, 0.15) is 11.9 Å². The van der Waals surface area contributed by atoms with Crippen LogP contribution in [0.15, 0.2) is 48.8 Å². The van der Waals surface area contributed by atoms with Crippen LogP contribution in [-0.4, -0.2) is 50.6 Å². The molecular weight excluding hydrogens is 484 g/mol. The zero-order valence-electron chi connectivity index (χ0n) is 20.6. The van der Waals surface area contributed by atoms with Gasteiger partial charge in [0.25, 0.3) is 5.91 Å². The first-order valence-electron chi connectivity index (χ1n) is 11.7. The number of imide groups is 1. The van der Waals surface area contributed by atoms with Crippen LogP contribution in [0.2, 0.25) is 0 Å². The van der Waals surface area contributed by atoms with Crippen LogP contribution >= 0.6 is 0 Å². The van der Waals surface area contributed by atoms with Gasteiger partial charge in [-0.05, 0) is 36.6 Å². The molecule has 1 fully saturated rings. The third kappa shape index (κ3) is 4.99. The number of carbonyl (C=O) groups excluding carboxylic acids is 3. The SMILES string of the molecule is CC[C@@H](NC(=O)N1C(=O)[C@H](Cc2ccnc(N)c2)[C@H]1C(=O)N(C)c1ccn(C)n1)c1cccc(F)c1F. The number of nitrogens with zero attached hydrogens (tertiary/aromatic N) is 5. The Kier molecular flexibility index (Phi) is 7.18. The third-order valence-electron chi connectivity index (χ3n) is 6.42. The van der Waals surface area contributed by atoms with Crippen molar-refractivity contribution in [1.29, 1.82) is 0 Å². The molecule has 1 aromatic carbocycles. The summed E-state index contributed by atoms with van der Waals surface area (Å²) in [5.41, 5.74) is 6.38. The van der Waals surface area contributed by atoms with Crippen LogP contribution in [0.5, 0.6) is 0 Å². The lowest BCUT2D eigenvalue weighted by atomic mass is 9.81. The Morgan fingerprint density at radius 3 is 2.65 bits per heavy atom. The summed E-state index contributed by atoms with van der Waals surface area (Å²) < 4.78 is 29.7. The first kappa shape index (κ1) is 25.7. The van der Waals surface area contributed by atoms with Crippen molar-refractivity contribution in [3.8, 4) is 0 Å². The van der Waals surface area contributed by atoms with Gasteiger partial charge in [0.15, 0.2) is 17.5 Å². The molecule has 1 saturated heterocycles. The van der Waals surface area contributed by atoms with Gasteiger partial charge in [-0.1, -0.05) is 19.1 Å². The van der Waals surface area contributed by atoms with Gasteiger partial charge in [-0.25, -0.2) is 18.6 Å². The van der Waals surface area contributed by atoms with E-state index in [2.05, 4.69) is 15.4 Å². The van der Waals surface area contributed by atoms with E-state index in [9.17, 15) is 23.2 Å². The van der Waals surface area contributed by atoms with Crippen molar-refractivity contribution in [2.45, 2.75) is 31.8 Å². The number of hydrogen-bond acceptors (Lipinski definition) is 6. The Morgan fingerprint density at radius 2 is 2.00 bits per heavy atom. The van der Waals surface area contributed by atoms with Crippen molar-refractivity contribution in [3.63, 3.8) is 0 Å². The molecule has 0 spiro atoms. The number of pyridine rings is 1. The molecule has 37 heavy (non-hydrogen) atoms. The van der Waals surface area contributed by atoms with Crippen LogP contribution in [0.3, 0.4) is 0 Å². The van der Waals surface area contributed by atoms with E-state index < -0.39 is 47.5 Å². The van der Waals surface area contributed by atoms with E-state index >= 15 is 0 Å². The van der Waals surface area contributed by atoms with Crippen LogP contribution < -0.4 is 16.0 Å². The molecule has 3 aromatic rings. The second-order valence-electron chi connectivity index (χ2n) is 8.85. The van der Waals surface area contributed by atoms with Gasteiger partial charge < -0.3 is 11.1 Å². The summed E-state index contributed by atoms with van der Waals surface area (Å²) in [6, 6.07) is 5.63. The average molecular weight is 512 g/mol. The molecule has 4 rings (SSSR count). The molecule has 0 bridgehead atoms. The largest absolute Gasteiger partial charge is 0.384 e. The number of benzene rings is 1. The number of hydrogen-bond donors (Lipinski definition) is 2. The lowest BCUT2D eigenvalue weighted by Crippen LogP contribution is -2.70. The maximum atomic E-state index is 14.4. The Labute approximate surface area is 212 Å². The molecule has 0 radical (unpaired) electrons. The van der Waals surface area contributed by atoms with E-state index in [4.69, 9.17) is 5.73 Å². The summed E-state index contributed by atoms with van der Waals surface area (Å²) in [4.78, 5) is 46.0. The van der Waals surface area contributed by atoms with Crippen LogP contribution in [0.25, 0.3) is 0 Å². The van der Waals surface area contributed by atoms with Crippen molar-refractivity contribution >= 4 is 29.5 Å². The molecule has 0 unspecified atom stereocenters. The lowest BCUT2D eigenvalue weighted by molar-refractivity contribution is -0.156. The number of nitrogens with two attached hydrogens (primary N) is 1. The van der Waals surface area contributed by atoms with Crippen LogP contribution in [0, 0.1) is 17.6 Å². The van der Waals surface area contributed by atoms with E-state index in [0.717, 1.165) is 11.0 Å². The molecule has 4 amide bonds. The van der Waals surface area contributed by atoms with E-state index in [1.807, 2.05) is 0 Å². The molecule has 1 aliphatic rings. The summed E-state index contributed by atoms with van der Waals surface area (Å²) in [5, 5.41) is 6.80. The summed E-state index contributed by atoms with van der Waals surface area (Å²) in [6.07, 6.45) is 3.53. The number of likely N-dealkylation sites (tertiary alicyclic amines) is 1. The normalized spacial score (nSPS) is 17.8. The van der Waals surface area contributed by atoms with E-state index in [0.29, 0.717) is 11.4 Å². The zero-order chi connectivity index (χ0) is 26.9. The molecule has 2 aromatic heterocycles. The second kappa shape index (κ2) is 10.3. The molecule has 12 heteroatoms. The highest BCUT2D eigenvalue weighted by atomic mass is 19.2. The Balaban J connectivity index is 1.61. The minimum absolute atomic E-state index is 0.0545. The summed E-state index contributed by atoms with van der Waals surface area (Å²) in [6.45, 7) is 1.68. The summed E-state index contributed by atoms with van der Waals surface area (Å²) in [5.74, 6) is -3.48. The molecule has 3 atom stereocenters. The van der Waals surface area contributed by atoms with Gasteiger partial charge in [-0.3, -0.25) is 24.1 Å². The molecule has 3 heterocycles. The monoisotopic (exact) mass is 511 g/mol. The van der Waals surface area contributed by atoms with Crippen LogP contribution in [0.4, 0.5) is 25.2 Å². The predicted molar refractivity (Wildman–Crippen MR) is 131 cm³/mol. The van der Waals surface area contributed by atoms with E-state index in [1.165, 1.54) is 35.0 Å². The third-order valence-corrected chi connectivity index (χ3v) is 6.42. The first-order valence-corrected chi connectivity index (χ1v) is 11.7. The number of carbonyl (C=O) groups is 3. The van der Waals surface area contributed by atoms with E-state index in [-0.39, 0.29) is 24.2 Å². The number of nitrogen functional groups attached to an aromatic ring is 1. The Bertz CT molecular complexity index is 1350. The fourth-order valence-electron chi connectivity index (χ4n) is 4.43. The molecule has 194 valence electrons. The molecule has 0 aliphatic carbocycles. The van der Waals surface area contributed by atoms with Crippen molar-refractivity contribution < 1.29 is 23.2 Å². The maximum absolute atomic E-state index is 14.4. The van der Waals surface area contributed by atoms with Crippen LogP contribution in [-0.2, 0) is 23.1 Å². The van der Waals surface area contributed by atoms with Crippen LogP contribution in [0.1, 0.15) is 30.5 Å². The number of rotatable bonds is 7. The minimum Gasteiger partial charge on any atom is -0.384 e. The number of urea groups is 1. The quantitative estimate of drug-likeness (QED) is 0.470. The van der Waals surface area contributed by atoms with Gasteiger partial charge in [0.2, 0.25) is 5.91 Å². The number of aryl methyl sites for hydroxylation is 1. The lowest BCUT2D eigenvalue weighted by Gasteiger charge is -2.45. The highest BCUT2D eigenvalue weighted by Gasteiger charge is 2.55. The molecule has 3 N–H and O–H groups in total. The van der Waals surface area contributed by atoms with Crippen molar-refractivity contribution in [1.82, 2.24) is 25.0 Å².